The van der Waals surface area contributed by atoms with Crippen LogP contribution in [0.1, 0.15) is 0 Å². The monoisotopic (exact) mass is 244 g/mol. The molecule has 1 aliphatic rings. The number of aromatic nitrogens is 1. The Labute approximate surface area is 95.3 Å². The van der Waals surface area contributed by atoms with Crippen LogP contribution in [0.3, 0.4) is 0 Å². The molecule has 1 unspecified atom stereocenters. The maximum atomic E-state index is 13.3. The van der Waals surface area contributed by atoms with Crippen molar-refractivity contribution >= 4 is 23.1 Å². The van der Waals surface area contributed by atoms with Gasteiger partial charge < -0.3 is 4.90 Å². The number of rotatable bonds is 1. The van der Waals surface area contributed by atoms with Gasteiger partial charge in [-0.2, -0.15) is 0 Å². The van der Waals surface area contributed by atoms with Gasteiger partial charge >= 0.3 is 0 Å². The Morgan fingerprint density at radius 3 is 2.94 bits per heavy atom. The fourth-order valence-electron chi connectivity index (χ4n) is 1.43. The van der Waals surface area contributed by atoms with E-state index in [1.807, 2.05) is 0 Å². The summed E-state index contributed by atoms with van der Waals surface area (Å²) in [6.07, 6.45) is 1.88. The smallest absolute Gasteiger partial charge is 0.211 e. The molecule has 16 heavy (non-hydrogen) atoms. The number of halogens is 3. The molecular weight excluding hydrogens is 238 g/mol. The first-order chi connectivity index (χ1) is 7.59. The SMILES string of the molecule is O=C1C(Cl)=CN(c2ccncc2F)CC1F. The van der Waals surface area contributed by atoms with Crippen LogP contribution in [0.4, 0.5) is 14.5 Å². The molecule has 0 radical (unpaired) electrons. The van der Waals surface area contributed by atoms with Gasteiger partial charge in [0.2, 0.25) is 5.78 Å². The highest BCUT2D eigenvalue weighted by molar-refractivity contribution is 6.43. The number of hydrogen-bond acceptors (Lipinski definition) is 3. The Bertz CT molecular complexity index is 464. The molecule has 1 aliphatic heterocycles. The number of anilines is 1. The third-order valence-electron chi connectivity index (χ3n) is 2.21. The van der Waals surface area contributed by atoms with Gasteiger partial charge in [-0.05, 0) is 6.07 Å². The van der Waals surface area contributed by atoms with Crippen LogP contribution in [-0.4, -0.2) is 23.5 Å². The zero-order valence-corrected chi connectivity index (χ0v) is 8.79. The second-order valence-electron chi connectivity index (χ2n) is 3.29. The molecule has 0 saturated heterocycles. The summed E-state index contributed by atoms with van der Waals surface area (Å²) in [7, 11) is 0. The normalized spacial score (nSPS) is 20.9. The molecule has 0 fully saturated rings. The van der Waals surface area contributed by atoms with E-state index < -0.39 is 17.8 Å². The summed E-state index contributed by atoms with van der Waals surface area (Å²) in [4.78, 5) is 15.9. The minimum absolute atomic E-state index is 0.142. The maximum Gasteiger partial charge on any atom is 0.211 e. The standard InChI is InChI=1S/C10H7ClF2N2O/c11-6-4-15(5-8(13)10(6)16)9-1-2-14-3-7(9)12/h1-4,8H,5H2. The van der Waals surface area contributed by atoms with Gasteiger partial charge in [-0.1, -0.05) is 11.6 Å². The first-order valence-corrected chi connectivity index (χ1v) is 4.89. The minimum atomic E-state index is -1.73. The Morgan fingerprint density at radius 1 is 1.56 bits per heavy atom. The third kappa shape index (κ3) is 1.90. The van der Waals surface area contributed by atoms with Gasteiger partial charge in [-0.15, -0.1) is 0 Å². The van der Waals surface area contributed by atoms with E-state index in [0.717, 1.165) is 6.20 Å². The van der Waals surface area contributed by atoms with Crippen LogP contribution in [0.15, 0.2) is 29.7 Å². The van der Waals surface area contributed by atoms with Crippen molar-refractivity contribution in [1.29, 1.82) is 0 Å². The molecule has 1 aromatic rings. The molecule has 1 atom stereocenters. The lowest BCUT2D eigenvalue weighted by molar-refractivity contribution is -0.119. The summed E-state index contributed by atoms with van der Waals surface area (Å²) in [6, 6.07) is 1.39. The van der Waals surface area contributed by atoms with E-state index in [9.17, 15) is 13.6 Å². The fraction of sp³-hybridized carbons (Fsp3) is 0.200. The van der Waals surface area contributed by atoms with Crippen molar-refractivity contribution in [1.82, 2.24) is 4.98 Å². The van der Waals surface area contributed by atoms with Crippen molar-refractivity contribution in [2.24, 2.45) is 0 Å². The van der Waals surface area contributed by atoms with Crippen molar-refractivity contribution in [3.63, 3.8) is 0 Å². The Balaban J connectivity index is 2.37. The number of hydrogen-bond donors (Lipinski definition) is 0. The second kappa shape index (κ2) is 4.17. The summed E-state index contributed by atoms with van der Waals surface area (Å²) in [5, 5.41) is -0.241. The highest BCUT2D eigenvalue weighted by atomic mass is 35.5. The van der Waals surface area contributed by atoms with E-state index in [-0.39, 0.29) is 17.3 Å². The number of alkyl halides is 1. The molecule has 0 aliphatic carbocycles. The van der Waals surface area contributed by atoms with E-state index in [0.29, 0.717) is 0 Å². The zero-order chi connectivity index (χ0) is 11.7. The first-order valence-electron chi connectivity index (χ1n) is 4.51. The van der Waals surface area contributed by atoms with Crippen LogP contribution in [0.25, 0.3) is 0 Å². The van der Waals surface area contributed by atoms with Crippen LogP contribution < -0.4 is 4.90 Å². The molecule has 0 aromatic carbocycles. The van der Waals surface area contributed by atoms with Gasteiger partial charge in [0.05, 0.1) is 18.4 Å². The van der Waals surface area contributed by atoms with Crippen molar-refractivity contribution in [2.75, 3.05) is 11.4 Å². The fourth-order valence-corrected chi connectivity index (χ4v) is 1.66. The number of Topliss-reactive ketones (excluding diaryl/α,β-unsaturated/α-hetero) is 1. The third-order valence-corrected chi connectivity index (χ3v) is 2.49. The van der Waals surface area contributed by atoms with Crippen LogP contribution in [-0.2, 0) is 4.79 Å². The maximum absolute atomic E-state index is 13.3. The lowest BCUT2D eigenvalue weighted by Crippen LogP contribution is -2.36. The van der Waals surface area contributed by atoms with Crippen LogP contribution >= 0.6 is 11.6 Å². The summed E-state index contributed by atoms with van der Waals surface area (Å²) < 4.78 is 26.6. The highest BCUT2D eigenvalue weighted by Gasteiger charge is 2.29. The Morgan fingerprint density at radius 2 is 2.31 bits per heavy atom. The predicted octanol–water partition coefficient (Wildman–Crippen LogP) is 2.03. The van der Waals surface area contributed by atoms with Crippen molar-refractivity contribution in [2.45, 2.75) is 6.17 Å². The molecule has 2 rings (SSSR count). The van der Waals surface area contributed by atoms with Crippen LogP contribution in [0.5, 0.6) is 0 Å². The number of allylic oxidation sites excluding steroid dienone is 1. The van der Waals surface area contributed by atoms with Gasteiger partial charge in [0.1, 0.15) is 5.03 Å². The Kier molecular flexibility index (Phi) is 2.87. The van der Waals surface area contributed by atoms with Crippen molar-refractivity contribution < 1.29 is 13.6 Å². The lowest BCUT2D eigenvalue weighted by Gasteiger charge is -2.26. The molecule has 0 saturated carbocycles. The van der Waals surface area contributed by atoms with E-state index in [1.54, 1.807) is 0 Å². The predicted molar refractivity (Wildman–Crippen MR) is 55.4 cm³/mol. The topological polar surface area (TPSA) is 33.2 Å². The lowest BCUT2D eigenvalue weighted by atomic mass is 10.1. The van der Waals surface area contributed by atoms with Crippen LogP contribution in [0, 0.1) is 5.82 Å². The molecule has 0 spiro atoms. The molecule has 0 bridgehead atoms. The largest absolute Gasteiger partial charge is 0.340 e. The molecular formula is C10H7ClF2N2O. The summed E-state index contributed by atoms with van der Waals surface area (Å²) in [5.41, 5.74) is 0.142. The minimum Gasteiger partial charge on any atom is -0.340 e. The first kappa shape index (κ1) is 11.0. The van der Waals surface area contributed by atoms with Crippen molar-refractivity contribution in [3.05, 3.63) is 35.5 Å². The molecule has 84 valence electrons. The second-order valence-corrected chi connectivity index (χ2v) is 3.70. The van der Waals surface area contributed by atoms with Gasteiger partial charge in [0.25, 0.3) is 0 Å². The molecule has 3 nitrogen and oxygen atoms in total. The molecule has 0 amide bonds. The zero-order valence-electron chi connectivity index (χ0n) is 8.03. The van der Waals surface area contributed by atoms with Gasteiger partial charge in [-0.25, -0.2) is 8.78 Å². The summed E-state index contributed by atoms with van der Waals surface area (Å²) in [6.45, 7) is -0.240. The van der Waals surface area contributed by atoms with E-state index in [1.165, 1.54) is 23.4 Å². The van der Waals surface area contributed by atoms with E-state index in [2.05, 4.69) is 4.98 Å². The Hall–Kier alpha value is -1.49. The van der Waals surface area contributed by atoms with E-state index >= 15 is 0 Å². The average Bonchev–Trinajstić information content (AvgIpc) is 2.26. The summed E-state index contributed by atoms with van der Waals surface area (Å²) in [5.74, 6) is -1.36. The number of pyridine rings is 1. The molecule has 6 heteroatoms. The van der Waals surface area contributed by atoms with Gasteiger partial charge in [-0.3, -0.25) is 9.78 Å². The molecule has 2 heterocycles. The average molecular weight is 245 g/mol. The van der Waals surface area contributed by atoms with Gasteiger partial charge in [0.15, 0.2) is 12.0 Å². The van der Waals surface area contributed by atoms with Crippen molar-refractivity contribution in [3.8, 4) is 0 Å². The molecule has 0 N–H and O–H groups in total. The number of carbonyl (C=O) groups is 1. The summed E-state index contributed by atoms with van der Waals surface area (Å²) >= 11 is 5.55. The number of carbonyl (C=O) groups excluding carboxylic acids is 1. The highest BCUT2D eigenvalue weighted by Crippen LogP contribution is 2.25. The number of ketones is 1. The van der Waals surface area contributed by atoms with Gasteiger partial charge in [0, 0.05) is 12.4 Å². The quantitative estimate of drug-likeness (QED) is 0.758. The van der Waals surface area contributed by atoms with Crippen LogP contribution in [0.2, 0.25) is 0 Å². The van der Waals surface area contributed by atoms with E-state index in [4.69, 9.17) is 11.6 Å². The molecule has 1 aromatic heterocycles. The number of nitrogens with zero attached hydrogens (tertiary/aromatic N) is 2.